The molecule has 0 spiro atoms. The lowest BCUT2D eigenvalue weighted by molar-refractivity contribution is 0.415. The first-order valence-corrected chi connectivity index (χ1v) is 3.67. The molecule has 0 aromatic heterocycles. The fourth-order valence-electron chi connectivity index (χ4n) is 0.682. The minimum Gasteiger partial charge on any atom is -0.497 e. The monoisotopic (exact) mass is 201 g/mol. The molecule has 1 aromatic rings. The summed E-state index contributed by atoms with van der Waals surface area (Å²) in [5.74, 6) is 0.851. The minimum atomic E-state index is 0.851. The van der Waals surface area contributed by atoms with E-state index in [1.165, 1.54) is 0 Å². The second-order valence-corrected chi connectivity index (χ2v) is 2.22. The molecular formula is C7H8BrNO. The molecule has 10 heavy (non-hydrogen) atoms. The highest BCUT2D eigenvalue weighted by Crippen LogP contribution is 2.17. The Hall–Kier alpha value is -0.700. The van der Waals surface area contributed by atoms with Gasteiger partial charge in [0, 0.05) is 27.9 Å². The first-order chi connectivity index (χ1) is 4.86. The van der Waals surface area contributed by atoms with Crippen LogP contribution in [0.1, 0.15) is 0 Å². The van der Waals surface area contributed by atoms with Gasteiger partial charge in [0.2, 0.25) is 0 Å². The lowest BCUT2D eigenvalue weighted by Crippen LogP contribution is -1.83. The lowest BCUT2D eigenvalue weighted by atomic mass is 10.3. The fourth-order valence-corrected chi connectivity index (χ4v) is 0.928. The number of nitrogens with one attached hydrogen (secondary N) is 1. The summed E-state index contributed by atoms with van der Waals surface area (Å²) in [7, 11) is 1.65. The molecule has 0 aliphatic carbocycles. The Bertz CT molecular complexity index is 195. The summed E-state index contributed by atoms with van der Waals surface area (Å²) in [5, 5.41) is 0. The van der Waals surface area contributed by atoms with E-state index in [-0.39, 0.29) is 0 Å². The van der Waals surface area contributed by atoms with E-state index in [4.69, 9.17) is 4.74 Å². The van der Waals surface area contributed by atoms with Crippen LogP contribution in [-0.4, -0.2) is 7.11 Å². The van der Waals surface area contributed by atoms with Crippen LogP contribution in [0, 0.1) is 0 Å². The highest BCUT2D eigenvalue weighted by Gasteiger charge is 1.90. The van der Waals surface area contributed by atoms with E-state index in [9.17, 15) is 0 Å². The van der Waals surface area contributed by atoms with E-state index in [2.05, 4.69) is 20.5 Å². The summed E-state index contributed by atoms with van der Waals surface area (Å²) in [6.07, 6.45) is 0. The summed E-state index contributed by atoms with van der Waals surface area (Å²) < 4.78 is 7.83. The van der Waals surface area contributed by atoms with Crippen LogP contribution in [-0.2, 0) is 0 Å². The van der Waals surface area contributed by atoms with Crippen LogP contribution in [0.2, 0.25) is 0 Å². The van der Waals surface area contributed by atoms with Gasteiger partial charge in [-0.2, -0.15) is 0 Å². The van der Waals surface area contributed by atoms with Gasteiger partial charge in [-0.25, -0.2) is 0 Å². The van der Waals surface area contributed by atoms with Crippen molar-refractivity contribution in [3.8, 4) is 5.75 Å². The van der Waals surface area contributed by atoms with E-state index >= 15 is 0 Å². The van der Waals surface area contributed by atoms with Gasteiger partial charge < -0.3 is 9.08 Å². The van der Waals surface area contributed by atoms with Crippen molar-refractivity contribution in [3.05, 3.63) is 24.3 Å². The van der Waals surface area contributed by atoms with Gasteiger partial charge in [0.1, 0.15) is 5.75 Å². The Morgan fingerprint density at radius 2 is 2.30 bits per heavy atom. The number of rotatable bonds is 2. The Morgan fingerprint density at radius 3 is 2.90 bits per heavy atom. The molecule has 0 fully saturated rings. The zero-order valence-electron chi connectivity index (χ0n) is 5.60. The SMILES string of the molecule is COc1cccc(NBr)c1. The summed E-state index contributed by atoms with van der Waals surface area (Å²) in [5.41, 5.74) is 0.986. The standard InChI is InChI=1S/C7H8BrNO/c1-10-7-4-2-3-6(5-7)9-8/h2-5,9H,1H3. The molecule has 0 unspecified atom stereocenters. The average molecular weight is 202 g/mol. The highest BCUT2D eigenvalue weighted by atomic mass is 79.9. The quantitative estimate of drug-likeness (QED) is 0.743. The van der Waals surface area contributed by atoms with E-state index in [1.54, 1.807) is 7.11 Å². The maximum atomic E-state index is 5.00. The number of halogens is 1. The predicted octanol–water partition coefficient (Wildman–Crippen LogP) is 2.42. The maximum Gasteiger partial charge on any atom is 0.120 e. The summed E-state index contributed by atoms with van der Waals surface area (Å²) >= 11 is 3.12. The predicted molar refractivity (Wildman–Crippen MR) is 45.5 cm³/mol. The van der Waals surface area contributed by atoms with Crippen molar-refractivity contribution in [2.24, 2.45) is 0 Å². The molecule has 1 N–H and O–H groups in total. The second kappa shape index (κ2) is 3.46. The Morgan fingerprint density at radius 1 is 1.50 bits per heavy atom. The molecular weight excluding hydrogens is 194 g/mol. The van der Waals surface area contributed by atoms with Gasteiger partial charge in [-0.15, -0.1) is 0 Å². The first-order valence-electron chi connectivity index (χ1n) is 2.87. The van der Waals surface area contributed by atoms with Crippen LogP contribution < -0.4 is 9.08 Å². The average Bonchev–Trinajstić information content (AvgIpc) is 2.05. The first kappa shape index (κ1) is 7.41. The molecule has 1 rings (SSSR count). The van der Waals surface area contributed by atoms with E-state index in [1.807, 2.05) is 24.3 Å². The van der Waals surface area contributed by atoms with Crippen molar-refractivity contribution in [1.82, 2.24) is 0 Å². The van der Waals surface area contributed by atoms with Gasteiger partial charge in [0.25, 0.3) is 0 Å². The van der Waals surface area contributed by atoms with E-state index in [0.717, 1.165) is 11.4 Å². The number of anilines is 1. The molecule has 2 nitrogen and oxygen atoms in total. The fraction of sp³-hybridized carbons (Fsp3) is 0.143. The van der Waals surface area contributed by atoms with Crippen molar-refractivity contribution in [3.63, 3.8) is 0 Å². The zero-order valence-corrected chi connectivity index (χ0v) is 7.18. The smallest absolute Gasteiger partial charge is 0.120 e. The molecule has 0 heterocycles. The van der Waals surface area contributed by atoms with Crippen LogP contribution >= 0.6 is 16.1 Å². The Balaban J connectivity index is 2.87. The van der Waals surface area contributed by atoms with Crippen LogP contribution in [0.4, 0.5) is 5.69 Å². The zero-order chi connectivity index (χ0) is 7.40. The Labute approximate surface area is 68.5 Å². The molecule has 0 amide bonds. The highest BCUT2D eigenvalue weighted by molar-refractivity contribution is 9.10. The number of ether oxygens (including phenoxy) is 1. The number of methoxy groups -OCH3 is 1. The van der Waals surface area contributed by atoms with Gasteiger partial charge in [0.05, 0.1) is 7.11 Å². The van der Waals surface area contributed by atoms with Gasteiger partial charge in [-0.05, 0) is 12.1 Å². The Kier molecular flexibility index (Phi) is 2.57. The normalized spacial score (nSPS) is 9.00. The molecule has 0 aliphatic rings. The molecule has 1 aromatic carbocycles. The third kappa shape index (κ3) is 1.64. The molecule has 0 saturated carbocycles. The van der Waals surface area contributed by atoms with Crippen LogP contribution in [0.3, 0.4) is 0 Å². The molecule has 3 heteroatoms. The summed E-state index contributed by atoms with van der Waals surface area (Å²) in [4.78, 5) is 0. The second-order valence-electron chi connectivity index (χ2n) is 1.83. The van der Waals surface area contributed by atoms with Crippen molar-refractivity contribution in [2.45, 2.75) is 0 Å². The molecule has 0 aliphatic heterocycles. The molecule has 0 saturated heterocycles. The minimum absolute atomic E-state index is 0.851. The van der Waals surface area contributed by atoms with E-state index < -0.39 is 0 Å². The molecule has 0 atom stereocenters. The topological polar surface area (TPSA) is 21.3 Å². The number of hydrogen-bond acceptors (Lipinski definition) is 2. The van der Waals surface area contributed by atoms with E-state index in [0.29, 0.717) is 0 Å². The van der Waals surface area contributed by atoms with Crippen molar-refractivity contribution in [2.75, 3.05) is 11.5 Å². The number of hydrogen-bond donors (Lipinski definition) is 1. The van der Waals surface area contributed by atoms with Crippen LogP contribution in [0.15, 0.2) is 24.3 Å². The lowest BCUT2D eigenvalue weighted by Gasteiger charge is -2.00. The van der Waals surface area contributed by atoms with Crippen LogP contribution in [0.25, 0.3) is 0 Å². The molecule has 54 valence electrons. The van der Waals surface area contributed by atoms with Crippen molar-refractivity contribution in [1.29, 1.82) is 0 Å². The summed E-state index contributed by atoms with van der Waals surface area (Å²) in [6.45, 7) is 0. The van der Waals surface area contributed by atoms with Gasteiger partial charge in [0.15, 0.2) is 0 Å². The molecule has 0 bridgehead atoms. The maximum absolute atomic E-state index is 5.00. The van der Waals surface area contributed by atoms with Crippen LogP contribution in [0.5, 0.6) is 5.75 Å². The van der Waals surface area contributed by atoms with Gasteiger partial charge in [-0.1, -0.05) is 6.07 Å². The number of benzene rings is 1. The molecule has 0 radical (unpaired) electrons. The van der Waals surface area contributed by atoms with Crippen molar-refractivity contribution >= 4 is 21.8 Å². The van der Waals surface area contributed by atoms with Gasteiger partial charge in [-0.3, -0.25) is 0 Å². The van der Waals surface area contributed by atoms with Gasteiger partial charge >= 0.3 is 0 Å². The van der Waals surface area contributed by atoms with Crippen molar-refractivity contribution < 1.29 is 4.74 Å². The summed E-state index contributed by atoms with van der Waals surface area (Å²) in [6, 6.07) is 7.66. The largest absolute Gasteiger partial charge is 0.497 e. The third-order valence-electron chi connectivity index (χ3n) is 1.18. The third-order valence-corrected chi connectivity index (χ3v) is 1.64.